The molecule has 3 aliphatic rings. The molecule has 0 aliphatic carbocycles. The average molecular weight is 352 g/mol. The first-order valence-corrected chi connectivity index (χ1v) is 9.35. The maximum Gasteiger partial charge on any atom is 0.231 e. The van der Waals surface area contributed by atoms with Gasteiger partial charge < -0.3 is 19.1 Å². The van der Waals surface area contributed by atoms with Crippen LogP contribution in [0, 0.1) is 0 Å². The summed E-state index contributed by atoms with van der Waals surface area (Å²) in [5.41, 5.74) is 2.53. The molecule has 2 aromatic carbocycles. The number of nitrogens with zero attached hydrogens (tertiary/aromatic N) is 2. The first-order chi connectivity index (χ1) is 12.8. The average Bonchev–Trinajstić information content (AvgIpc) is 3.14. The lowest BCUT2D eigenvalue weighted by molar-refractivity contribution is -0.0190. The Labute approximate surface area is 154 Å². The third-order valence-corrected chi connectivity index (χ3v) is 5.73. The molecule has 5 heteroatoms. The van der Waals surface area contributed by atoms with E-state index in [4.69, 9.17) is 14.2 Å². The lowest BCUT2D eigenvalue weighted by atomic mass is 9.85. The van der Waals surface area contributed by atoms with Crippen LogP contribution in [0.15, 0.2) is 42.5 Å². The molecule has 2 atom stereocenters. The number of rotatable bonds is 2. The molecule has 1 saturated heterocycles. The van der Waals surface area contributed by atoms with Gasteiger partial charge in [-0.3, -0.25) is 4.90 Å². The normalized spacial score (nSPS) is 25.6. The Morgan fingerprint density at radius 2 is 1.62 bits per heavy atom. The summed E-state index contributed by atoms with van der Waals surface area (Å²) in [6.07, 6.45) is 1.06. The van der Waals surface area contributed by atoms with Gasteiger partial charge in [0.1, 0.15) is 5.75 Å². The van der Waals surface area contributed by atoms with E-state index < -0.39 is 0 Å². The van der Waals surface area contributed by atoms with E-state index >= 15 is 0 Å². The fraction of sp³-hybridized carbons (Fsp3) is 0.429. The maximum atomic E-state index is 6.46. The highest BCUT2D eigenvalue weighted by Gasteiger charge is 2.35. The quantitative estimate of drug-likeness (QED) is 0.830. The van der Waals surface area contributed by atoms with E-state index in [9.17, 15) is 0 Å². The van der Waals surface area contributed by atoms with E-state index in [1.165, 1.54) is 11.1 Å². The predicted octanol–water partition coefficient (Wildman–Crippen LogP) is 2.90. The summed E-state index contributed by atoms with van der Waals surface area (Å²) in [5, 5.41) is 0. The Morgan fingerprint density at radius 1 is 0.885 bits per heavy atom. The fourth-order valence-corrected chi connectivity index (χ4v) is 4.17. The third kappa shape index (κ3) is 2.81. The number of hydrogen-bond donors (Lipinski definition) is 0. The summed E-state index contributed by atoms with van der Waals surface area (Å²) in [6, 6.07) is 14.8. The smallest absolute Gasteiger partial charge is 0.231 e. The van der Waals surface area contributed by atoms with Crippen LogP contribution < -0.4 is 14.2 Å². The number of benzene rings is 2. The lowest BCUT2D eigenvalue weighted by Gasteiger charge is -2.42. The van der Waals surface area contributed by atoms with E-state index in [1.54, 1.807) is 0 Å². The van der Waals surface area contributed by atoms with Gasteiger partial charge in [0.15, 0.2) is 17.7 Å². The van der Waals surface area contributed by atoms with Crippen molar-refractivity contribution in [1.82, 2.24) is 9.80 Å². The Kier molecular flexibility index (Phi) is 3.98. The molecule has 5 nitrogen and oxygen atoms in total. The Bertz CT molecular complexity index is 787. The molecule has 5 rings (SSSR count). The second-order valence-electron chi connectivity index (χ2n) is 7.35. The first-order valence-electron chi connectivity index (χ1n) is 9.35. The molecular formula is C21H24N2O3. The summed E-state index contributed by atoms with van der Waals surface area (Å²) >= 11 is 0. The zero-order valence-corrected chi connectivity index (χ0v) is 15.1. The highest BCUT2D eigenvalue weighted by Crippen LogP contribution is 2.47. The van der Waals surface area contributed by atoms with Gasteiger partial charge in [0, 0.05) is 50.1 Å². The number of hydrogen-bond acceptors (Lipinski definition) is 5. The minimum Gasteiger partial charge on any atom is -0.475 e. The zero-order chi connectivity index (χ0) is 17.5. The van der Waals surface area contributed by atoms with Gasteiger partial charge in [-0.05, 0) is 18.7 Å². The van der Waals surface area contributed by atoms with Crippen molar-refractivity contribution in [3.8, 4) is 17.2 Å². The first kappa shape index (κ1) is 16.0. The van der Waals surface area contributed by atoms with Gasteiger partial charge in [-0.2, -0.15) is 0 Å². The molecule has 26 heavy (non-hydrogen) atoms. The molecule has 2 aromatic rings. The molecule has 3 heterocycles. The summed E-state index contributed by atoms with van der Waals surface area (Å²) in [6.45, 7) is 4.55. The van der Waals surface area contributed by atoms with E-state index in [1.807, 2.05) is 6.07 Å². The lowest BCUT2D eigenvalue weighted by Crippen LogP contribution is -2.52. The van der Waals surface area contributed by atoms with Crippen molar-refractivity contribution in [2.24, 2.45) is 0 Å². The van der Waals surface area contributed by atoms with Crippen LogP contribution in [0.1, 0.15) is 23.5 Å². The van der Waals surface area contributed by atoms with Crippen LogP contribution in [0.25, 0.3) is 0 Å². The van der Waals surface area contributed by atoms with Gasteiger partial charge in [-0.15, -0.1) is 0 Å². The van der Waals surface area contributed by atoms with Gasteiger partial charge in [0.05, 0.1) is 0 Å². The Morgan fingerprint density at radius 3 is 2.38 bits per heavy atom. The number of fused-ring (bicyclic) bond motifs is 2. The number of likely N-dealkylation sites (N-methyl/N-ethyl adjacent to an activating group) is 1. The highest BCUT2D eigenvalue weighted by molar-refractivity contribution is 5.55. The molecule has 0 amide bonds. The molecule has 136 valence electrons. The highest BCUT2D eigenvalue weighted by atomic mass is 16.7. The molecule has 0 aromatic heterocycles. The second-order valence-corrected chi connectivity index (χ2v) is 7.35. The van der Waals surface area contributed by atoms with Crippen molar-refractivity contribution < 1.29 is 14.2 Å². The van der Waals surface area contributed by atoms with Crippen molar-refractivity contribution in [2.45, 2.75) is 18.6 Å². The second kappa shape index (κ2) is 6.49. The molecule has 0 spiro atoms. The predicted molar refractivity (Wildman–Crippen MR) is 99.0 cm³/mol. The minimum absolute atomic E-state index is 0.0989. The molecule has 3 aliphatic heterocycles. The zero-order valence-electron chi connectivity index (χ0n) is 15.1. The Hall–Kier alpha value is -2.24. The Balaban J connectivity index is 1.51. The van der Waals surface area contributed by atoms with Gasteiger partial charge >= 0.3 is 0 Å². The van der Waals surface area contributed by atoms with Crippen molar-refractivity contribution in [3.63, 3.8) is 0 Å². The third-order valence-electron chi connectivity index (χ3n) is 5.73. The summed E-state index contributed by atoms with van der Waals surface area (Å²) < 4.78 is 17.6. The number of piperazine rings is 1. The van der Waals surface area contributed by atoms with Crippen LogP contribution in [0.2, 0.25) is 0 Å². The topological polar surface area (TPSA) is 34.2 Å². The molecule has 0 N–H and O–H groups in total. The summed E-state index contributed by atoms with van der Waals surface area (Å²) in [4.78, 5) is 4.85. The monoisotopic (exact) mass is 352 g/mol. The summed E-state index contributed by atoms with van der Waals surface area (Å²) in [5.74, 6) is 2.85. The molecule has 0 unspecified atom stereocenters. The standard InChI is InChI=1S/C21H24N2O3/c1-22-7-9-23(10-8-22)21-12-16(15-5-3-2-4-6-15)17-11-19-20(25-14-24-19)13-18(17)26-21/h2-6,11,13,16,21H,7-10,12,14H2,1H3/t16-,21+/m1/s1. The van der Waals surface area contributed by atoms with Crippen LogP contribution in [-0.4, -0.2) is 56.0 Å². The van der Waals surface area contributed by atoms with E-state index in [2.05, 4.69) is 53.2 Å². The summed E-state index contributed by atoms with van der Waals surface area (Å²) in [7, 11) is 2.18. The number of ether oxygens (including phenoxy) is 3. The molecule has 0 radical (unpaired) electrons. The van der Waals surface area contributed by atoms with Gasteiger partial charge in [-0.25, -0.2) is 0 Å². The molecule has 0 bridgehead atoms. The van der Waals surface area contributed by atoms with Gasteiger partial charge in [0.2, 0.25) is 6.79 Å². The van der Waals surface area contributed by atoms with Crippen LogP contribution in [-0.2, 0) is 0 Å². The molecule has 1 fully saturated rings. The maximum absolute atomic E-state index is 6.46. The molecular weight excluding hydrogens is 328 g/mol. The SMILES string of the molecule is CN1CCN([C@@H]2C[C@H](c3ccccc3)c3cc4c(cc3O2)OCO4)CC1. The van der Waals surface area contributed by atoms with E-state index in [0.717, 1.165) is 49.8 Å². The van der Waals surface area contributed by atoms with Crippen LogP contribution in [0.5, 0.6) is 17.2 Å². The van der Waals surface area contributed by atoms with Crippen molar-refractivity contribution >= 4 is 0 Å². The van der Waals surface area contributed by atoms with Gasteiger partial charge in [0.25, 0.3) is 0 Å². The largest absolute Gasteiger partial charge is 0.475 e. The van der Waals surface area contributed by atoms with Crippen LogP contribution in [0.3, 0.4) is 0 Å². The fourth-order valence-electron chi connectivity index (χ4n) is 4.17. The molecule has 0 saturated carbocycles. The van der Waals surface area contributed by atoms with Crippen LogP contribution >= 0.6 is 0 Å². The van der Waals surface area contributed by atoms with E-state index in [0.29, 0.717) is 5.92 Å². The van der Waals surface area contributed by atoms with Gasteiger partial charge in [-0.1, -0.05) is 30.3 Å². The van der Waals surface area contributed by atoms with Crippen molar-refractivity contribution in [1.29, 1.82) is 0 Å². The van der Waals surface area contributed by atoms with Crippen LogP contribution in [0.4, 0.5) is 0 Å². The van der Waals surface area contributed by atoms with E-state index in [-0.39, 0.29) is 13.0 Å². The van der Waals surface area contributed by atoms with Crippen molar-refractivity contribution in [2.75, 3.05) is 40.0 Å². The minimum atomic E-state index is 0.0989. The van der Waals surface area contributed by atoms with Crippen molar-refractivity contribution in [3.05, 3.63) is 53.6 Å².